The second-order valence-corrected chi connectivity index (χ2v) is 6.19. The zero-order chi connectivity index (χ0) is 15.1. The Bertz CT molecular complexity index is 353. The van der Waals surface area contributed by atoms with Crippen molar-refractivity contribution in [2.45, 2.75) is 64.1 Å². The van der Waals surface area contributed by atoms with Gasteiger partial charge in [0, 0.05) is 18.9 Å². The molecule has 0 saturated carbocycles. The first-order valence-electron chi connectivity index (χ1n) is 8.32. The lowest BCUT2D eigenvalue weighted by Crippen LogP contribution is -2.30. The van der Waals surface area contributed by atoms with Gasteiger partial charge in [-0.05, 0) is 44.4 Å². The normalized spacial score (nSPS) is 31.3. The van der Waals surface area contributed by atoms with E-state index in [9.17, 15) is 4.79 Å². The Balaban J connectivity index is 1.72. The van der Waals surface area contributed by atoms with Gasteiger partial charge in [0.2, 0.25) is 0 Å². The largest absolute Gasteiger partial charge is 0.481 e. The van der Waals surface area contributed by atoms with Gasteiger partial charge in [-0.1, -0.05) is 19.1 Å². The van der Waals surface area contributed by atoms with E-state index in [1.165, 1.54) is 12.8 Å². The number of carboxylic acid groups (broad SMARTS) is 1. The average molecular weight is 296 g/mol. The van der Waals surface area contributed by atoms with Crippen molar-refractivity contribution >= 4 is 5.97 Å². The van der Waals surface area contributed by atoms with Crippen LogP contribution in [0.2, 0.25) is 0 Å². The highest BCUT2D eigenvalue weighted by atomic mass is 16.5. The summed E-state index contributed by atoms with van der Waals surface area (Å²) in [4.78, 5) is 10.4. The molecule has 2 aliphatic rings. The number of unbranched alkanes of at least 4 members (excludes halogenated alkanes) is 1. The average Bonchev–Trinajstić information content (AvgIpc) is 3.04. The van der Waals surface area contributed by atoms with Gasteiger partial charge in [0.1, 0.15) is 0 Å². The molecule has 2 rings (SSSR count). The molecular formula is C17H28O4. The van der Waals surface area contributed by atoms with Crippen molar-refractivity contribution in [3.63, 3.8) is 0 Å². The smallest absolute Gasteiger partial charge is 0.303 e. The Kier molecular flexibility index (Phi) is 6.71. The van der Waals surface area contributed by atoms with Gasteiger partial charge in [0.15, 0.2) is 0 Å². The van der Waals surface area contributed by atoms with Crippen molar-refractivity contribution < 1.29 is 19.4 Å². The summed E-state index contributed by atoms with van der Waals surface area (Å²) >= 11 is 0. The van der Waals surface area contributed by atoms with E-state index in [-0.39, 0.29) is 6.42 Å². The van der Waals surface area contributed by atoms with E-state index in [4.69, 9.17) is 14.6 Å². The molecule has 0 spiro atoms. The summed E-state index contributed by atoms with van der Waals surface area (Å²) in [5.74, 6) is 0.410. The second-order valence-electron chi connectivity index (χ2n) is 6.19. The Labute approximate surface area is 127 Å². The van der Waals surface area contributed by atoms with Gasteiger partial charge in [0.25, 0.3) is 0 Å². The van der Waals surface area contributed by atoms with Crippen LogP contribution in [0.15, 0.2) is 12.2 Å². The molecule has 0 aromatic rings. The molecule has 2 heterocycles. The molecule has 4 heteroatoms. The van der Waals surface area contributed by atoms with Gasteiger partial charge < -0.3 is 14.6 Å². The summed E-state index contributed by atoms with van der Waals surface area (Å²) in [6.45, 7) is 3.80. The van der Waals surface area contributed by atoms with Crippen molar-refractivity contribution in [3.05, 3.63) is 12.2 Å². The lowest BCUT2D eigenvalue weighted by Gasteiger charge is -2.27. The van der Waals surface area contributed by atoms with Crippen LogP contribution in [0, 0.1) is 11.8 Å². The molecule has 2 fully saturated rings. The van der Waals surface area contributed by atoms with Gasteiger partial charge in [-0.25, -0.2) is 0 Å². The van der Waals surface area contributed by atoms with Gasteiger partial charge >= 0.3 is 5.97 Å². The van der Waals surface area contributed by atoms with Crippen LogP contribution in [0.4, 0.5) is 0 Å². The van der Waals surface area contributed by atoms with Crippen LogP contribution in [-0.4, -0.2) is 36.5 Å². The quantitative estimate of drug-likeness (QED) is 0.496. The summed E-state index contributed by atoms with van der Waals surface area (Å²) in [7, 11) is 0. The zero-order valence-electron chi connectivity index (χ0n) is 13.0. The number of allylic oxidation sites excluding steroid dienone is 2. The minimum atomic E-state index is -0.710. The van der Waals surface area contributed by atoms with Crippen LogP contribution < -0.4 is 0 Å². The number of carboxylic acids is 1. The lowest BCUT2D eigenvalue weighted by molar-refractivity contribution is -0.137. The Morgan fingerprint density at radius 3 is 2.76 bits per heavy atom. The molecule has 0 aliphatic carbocycles. The molecular weight excluding hydrogens is 268 g/mol. The van der Waals surface area contributed by atoms with E-state index in [2.05, 4.69) is 19.1 Å². The fourth-order valence-corrected chi connectivity index (χ4v) is 3.53. The van der Waals surface area contributed by atoms with Crippen molar-refractivity contribution in [1.82, 2.24) is 0 Å². The van der Waals surface area contributed by atoms with Crippen molar-refractivity contribution in [3.8, 4) is 0 Å². The van der Waals surface area contributed by atoms with E-state index in [1.54, 1.807) is 0 Å². The minimum absolute atomic E-state index is 0.259. The van der Waals surface area contributed by atoms with Crippen LogP contribution >= 0.6 is 0 Å². The first kappa shape index (κ1) is 16.5. The number of hydrogen-bond donors (Lipinski definition) is 1. The highest BCUT2D eigenvalue weighted by Crippen LogP contribution is 2.45. The zero-order valence-corrected chi connectivity index (χ0v) is 13.0. The van der Waals surface area contributed by atoms with Crippen LogP contribution in [0.1, 0.15) is 51.9 Å². The molecule has 4 atom stereocenters. The Morgan fingerprint density at radius 2 is 2.05 bits per heavy atom. The maximum atomic E-state index is 10.4. The Morgan fingerprint density at radius 1 is 1.29 bits per heavy atom. The third-order valence-corrected chi connectivity index (χ3v) is 4.59. The molecule has 2 aliphatic heterocycles. The summed E-state index contributed by atoms with van der Waals surface area (Å²) in [5, 5.41) is 8.60. The van der Waals surface area contributed by atoms with E-state index in [0.717, 1.165) is 38.9 Å². The highest BCUT2D eigenvalue weighted by molar-refractivity contribution is 5.66. The van der Waals surface area contributed by atoms with E-state index in [0.29, 0.717) is 24.0 Å². The van der Waals surface area contributed by atoms with Crippen molar-refractivity contribution in [1.29, 1.82) is 0 Å². The van der Waals surface area contributed by atoms with Gasteiger partial charge in [-0.2, -0.15) is 0 Å². The molecule has 120 valence electrons. The number of aliphatic carboxylic acids is 1. The molecule has 0 aromatic carbocycles. The van der Waals surface area contributed by atoms with E-state index in [1.807, 2.05) is 0 Å². The third kappa shape index (κ3) is 4.82. The topological polar surface area (TPSA) is 55.8 Å². The molecule has 0 amide bonds. The fourth-order valence-electron chi connectivity index (χ4n) is 3.53. The Hall–Kier alpha value is -0.870. The first-order chi connectivity index (χ1) is 10.2. The SMILES string of the molecule is CCCOC[C@@H]1[C@@H](CC=CCCCC(=O)O)[C@H]2CC[C@@H]1O2. The number of rotatable bonds is 10. The maximum absolute atomic E-state index is 10.4. The van der Waals surface area contributed by atoms with Crippen LogP contribution in [0.25, 0.3) is 0 Å². The number of fused-ring (bicyclic) bond motifs is 2. The van der Waals surface area contributed by atoms with Crippen LogP contribution in [-0.2, 0) is 14.3 Å². The maximum Gasteiger partial charge on any atom is 0.303 e. The first-order valence-corrected chi connectivity index (χ1v) is 8.32. The summed E-state index contributed by atoms with van der Waals surface area (Å²) in [6, 6.07) is 0. The van der Waals surface area contributed by atoms with Gasteiger partial charge in [-0.15, -0.1) is 0 Å². The monoisotopic (exact) mass is 296 g/mol. The fraction of sp³-hybridized carbons (Fsp3) is 0.824. The molecule has 0 unspecified atom stereocenters. The molecule has 2 bridgehead atoms. The third-order valence-electron chi connectivity index (χ3n) is 4.59. The standard InChI is InChI=1S/C17H28O4/c1-2-11-20-12-14-13(15-9-10-16(14)21-15)7-5-3-4-6-8-17(18)19/h3,5,13-16H,2,4,6-12H2,1H3,(H,18,19)/t13-,14-,15-,16+/m1/s1. The van der Waals surface area contributed by atoms with Crippen molar-refractivity contribution in [2.75, 3.05) is 13.2 Å². The van der Waals surface area contributed by atoms with E-state index < -0.39 is 5.97 Å². The number of hydrogen-bond acceptors (Lipinski definition) is 3. The van der Waals surface area contributed by atoms with Crippen LogP contribution in [0.3, 0.4) is 0 Å². The van der Waals surface area contributed by atoms with Gasteiger partial charge in [0.05, 0.1) is 18.8 Å². The minimum Gasteiger partial charge on any atom is -0.481 e. The second kappa shape index (κ2) is 8.54. The predicted octanol–water partition coefficient (Wildman–Crippen LogP) is 3.41. The molecule has 0 radical (unpaired) electrons. The predicted molar refractivity (Wildman–Crippen MR) is 81.2 cm³/mol. The molecule has 21 heavy (non-hydrogen) atoms. The molecule has 1 N–H and O–H groups in total. The number of carbonyl (C=O) groups is 1. The van der Waals surface area contributed by atoms with Gasteiger partial charge in [-0.3, -0.25) is 4.79 Å². The summed E-state index contributed by atoms with van der Waals surface area (Å²) in [5.41, 5.74) is 0. The molecule has 4 nitrogen and oxygen atoms in total. The van der Waals surface area contributed by atoms with Crippen LogP contribution in [0.5, 0.6) is 0 Å². The summed E-state index contributed by atoms with van der Waals surface area (Å²) < 4.78 is 11.8. The van der Waals surface area contributed by atoms with Crippen molar-refractivity contribution in [2.24, 2.45) is 11.8 Å². The molecule has 0 aromatic heterocycles. The number of ether oxygens (including phenoxy) is 2. The van der Waals surface area contributed by atoms with E-state index >= 15 is 0 Å². The molecule has 2 saturated heterocycles. The highest BCUT2D eigenvalue weighted by Gasteiger charge is 2.47. The lowest BCUT2D eigenvalue weighted by atomic mass is 9.78. The summed E-state index contributed by atoms with van der Waals surface area (Å²) in [6.07, 6.45) is 11.5.